The summed E-state index contributed by atoms with van der Waals surface area (Å²) in [6.45, 7) is 4.69. The van der Waals surface area contributed by atoms with Crippen LogP contribution in [0.25, 0.3) is 6.08 Å². The Morgan fingerprint density at radius 1 is 1.03 bits per heavy atom. The van der Waals surface area contributed by atoms with Gasteiger partial charge in [0.15, 0.2) is 5.84 Å². The van der Waals surface area contributed by atoms with E-state index in [1.54, 1.807) is 17.8 Å². The third-order valence-corrected chi connectivity index (χ3v) is 7.49. The van der Waals surface area contributed by atoms with Crippen molar-refractivity contribution >= 4 is 51.6 Å². The van der Waals surface area contributed by atoms with Crippen molar-refractivity contribution in [2.45, 2.75) is 18.7 Å². The SMILES string of the molecule is Cc1ccc(SCCOc2ccc(C=C3C(=N)N4N=C(c5cccc(C)c5)SC4=NC3=O)cc2)cc1. The minimum absolute atomic E-state index is 0.0219. The molecule has 2 aliphatic rings. The highest BCUT2D eigenvalue weighted by Crippen LogP contribution is 2.31. The molecule has 0 fully saturated rings. The van der Waals surface area contributed by atoms with Crippen molar-refractivity contribution in [3.05, 3.63) is 101 Å². The number of rotatable bonds is 7. The van der Waals surface area contributed by atoms with Crippen LogP contribution in [0, 0.1) is 19.3 Å². The number of ether oxygens (including phenoxy) is 1. The zero-order valence-electron chi connectivity index (χ0n) is 19.9. The van der Waals surface area contributed by atoms with Crippen LogP contribution in [0.1, 0.15) is 22.3 Å². The maximum Gasteiger partial charge on any atom is 0.283 e. The largest absolute Gasteiger partial charge is 0.493 e. The summed E-state index contributed by atoms with van der Waals surface area (Å²) >= 11 is 3.06. The van der Waals surface area contributed by atoms with Crippen molar-refractivity contribution in [1.82, 2.24) is 5.01 Å². The average Bonchev–Trinajstić information content (AvgIpc) is 3.31. The number of hydrazone groups is 1. The number of benzene rings is 3. The molecule has 8 heteroatoms. The molecule has 5 rings (SSSR count). The van der Waals surface area contributed by atoms with E-state index >= 15 is 0 Å². The number of amidine groups is 2. The molecule has 0 aromatic heterocycles. The van der Waals surface area contributed by atoms with Crippen LogP contribution >= 0.6 is 23.5 Å². The number of aryl methyl sites for hydroxylation is 2. The first-order chi connectivity index (χ1) is 17.5. The zero-order valence-corrected chi connectivity index (χ0v) is 21.5. The van der Waals surface area contributed by atoms with Crippen molar-refractivity contribution in [2.75, 3.05) is 12.4 Å². The lowest BCUT2D eigenvalue weighted by Gasteiger charge is -2.20. The lowest BCUT2D eigenvalue weighted by Crippen LogP contribution is -2.35. The molecule has 2 heterocycles. The number of hydrogen-bond acceptors (Lipinski definition) is 6. The van der Waals surface area contributed by atoms with E-state index in [1.807, 2.05) is 55.5 Å². The van der Waals surface area contributed by atoms with E-state index in [1.165, 1.54) is 27.2 Å². The van der Waals surface area contributed by atoms with Gasteiger partial charge in [0.05, 0.1) is 12.2 Å². The van der Waals surface area contributed by atoms with E-state index in [4.69, 9.17) is 10.1 Å². The van der Waals surface area contributed by atoms with Gasteiger partial charge in [-0.3, -0.25) is 10.2 Å². The molecule has 0 atom stereocenters. The highest BCUT2D eigenvalue weighted by molar-refractivity contribution is 8.27. The summed E-state index contributed by atoms with van der Waals surface area (Å²) in [6.07, 6.45) is 1.67. The molecule has 180 valence electrons. The lowest BCUT2D eigenvalue weighted by atomic mass is 10.1. The summed E-state index contributed by atoms with van der Waals surface area (Å²) < 4.78 is 5.86. The molecule has 0 saturated heterocycles. The predicted molar refractivity (Wildman–Crippen MR) is 149 cm³/mol. The molecule has 2 aliphatic heterocycles. The molecule has 0 spiro atoms. The molecule has 1 amide bonds. The van der Waals surface area contributed by atoms with Crippen LogP contribution in [-0.4, -0.2) is 39.3 Å². The van der Waals surface area contributed by atoms with Gasteiger partial charge in [0, 0.05) is 16.2 Å². The molecule has 0 unspecified atom stereocenters. The van der Waals surface area contributed by atoms with E-state index < -0.39 is 5.91 Å². The number of carbonyl (C=O) groups is 1. The number of nitrogens with zero attached hydrogens (tertiary/aromatic N) is 3. The first kappa shape index (κ1) is 24.1. The summed E-state index contributed by atoms with van der Waals surface area (Å²) in [6, 6.07) is 23.9. The molecular weight excluding hydrogens is 488 g/mol. The Hall–Kier alpha value is -3.62. The van der Waals surface area contributed by atoms with Gasteiger partial charge >= 0.3 is 0 Å². The molecule has 1 N–H and O–H groups in total. The molecule has 0 bridgehead atoms. The van der Waals surface area contributed by atoms with Crippen LogP contribution in [-0.2, 0) is 4.79 Å². The van der Waals surface area contributed by atoms with E-state index in [9.17, 15) is 4.79 Å². The average molecular weight is 513 g/mol. The van der Waals surface area contributed by atoms with E-state index in [0.717, 1.165) is 33.2 Å². The molecule has 36 heavy (non-hydrogen) atoms. The van der Waals surface area contributed by atoms with Crippen LogP contribution in [0.2, 0.25) is 0 Å². The fraction of sp³-hybridized carbons (Fsp3) is 0.143. The molecule has 0 saturated carbocycles. The minimum atomic E-state index is -0.437. The van der Waals surface area contributed by atoms with Crippen LogP contribution in [0.4, 0.5) is 0 Å². The second kappa shape index (κ2) is 10.6. The first-order valence-electron chi connectivity index (χ1n) is 11.5. The summed E-state index contributed by atoms with van der Waals surface area (Å²) in [5.74, 6) is 1.19. The van der Waals surface area contributed by atoms with Gasteiger partial charge in [-0.05, 0) is 67.6 Å². The Morgan fingerprint density at radius 3 is 2.56 bits per heavy atom. The summed E-state index contributed by atoms with van der Waals surface area (Å²) in [7, 11) is 0. The Morgan fingerprint density at radius 2 is 1.81 bits per heavy atom. The second-order valence-corrected chi connectivity index (χ2v) is 10.5. The minimum Gasteiger partial charge on any atom is -0.493 e. The number of fused-ring (bicyclic) bond motifs is 1. The molecule has 0 radical (unpaired) electrons. The molecule has 3 aromatic rings. The predicted octanol–water partition coefficient (Wildman–Crippen LogP) is 6.14. The smallest absolute Gasteiger partial charge is 0.283 e. The fourth-order valence-corrected chi connectivity index (χ4v) is 5.29. The molecule has 3 aromatic carbocycles. The maximum absolute atomic E-state index is 12.7. The van der Waals surface area contributed by atoms with E-state index in [0.29, 0.717) is 11.8 Å². The molecule has 6 nitrogen and oxygen atoms in total. The monoisotopic (exact) mass is 512 g/mol. The van der Waals surface area contributed by atoms with Crippen LogP contribution in [0.3, 0.4) is 0 Å². The quantitative estimate of drug-likeness (QED) is 0.234. The number of thioether (sulfide) groups is 2. The topological polar surface area (TPSA) is 78.1 Å². The number of hydrogen-bond donors (Lipinski definition) is 1. The summed E-state index contributed by atoms with van der Waals surface area (Å²) in [5.41, 5.74) is 4.30. The van der Waals surface area contributed by atoms with E-state index in [2.05, 4.69) is 41.3 Å². The van der Waals surface area contributed by atoms with Crippen LogP contribution < -0.4 is 4.74 Å². The molecule has 0 aliphatic carbocycles. The van der Waals surface area contributed by atoms with Crippen molar-refractivity contribution in [2.24, 2.45) is 10.1 Å². The summed E-state index contributed by atoms with van der Waals surface area (Å²) in [4.78, 5) is 18.1. The van der Waals surface area contributed by atoms with Gasteiger partial charge in [0.25, 0.3) is 5.91 Å². The zero-order chi connectivity index (χ0) is 25.1. The van der Waals surface area contributed by atoms with Crippen LogP contribution in [0.5, 0.6) is 5.75 Å². The van der Waals surface area contributed by atoms with Crippen molar-refractivity contribution < 1.29 is 9.53 Å². The van der Waals surface area contributed by atoms with Gasteiger partial charge in [-0.1, -0.05) is 53.6 Å². The Bertz CT molecular complexity index is 1410. The first-order valence-corrected chi connectivity index (χ1v) is 13.3. The number of aliphatic imine (C=N–C) groups is 1. The van der Waals surface area contributed by atoms with Crippen molar-refractivity contribution in [3.8, 4) is 5.75 Å². The third-order valence-electron chi connectivity index (χ3n) is 5.55. The normalized spacial score (nSPS) is 16.2. The van der Waals surface area contributed by atoms with E-state index in [-0.39, 0.29) is 11.4 Å². The summed E-state index contributed by atoms with van der Waals surface area (Å²) in [5, 5.41) is 15.7. The third kappa shape index (κ3) is 5.45. The Labute approximate surface area is 218 Å². The number of amides is 1. The van der Waals surface area contributed by atoms with Gasteiger partial charge in [-0.15, -0.1) is 11.8 Å². The Kier molecular flexibility index (Phi) is 7.06. The standard InChI is InChI=1S/C28H24N4O2S2/c1-18-6-12-23(13-7-18)35-15-14-34-22-10-8-20(9-11-22)17-24-25(29)32-28(30-26(24)33)36-27(31-32)21-5-3-4-19(2)16-21/h3-13,16-17,29H,14-15H2,1-2H3. The second-order valence-electron chi connectivity index (χ2n) is 8.37. The van der Waals surface area contributed by atoms with Gasteiger partial charge < -0.3 is 4.74 Å². The van der Waals surface area contributed by atoms with Gasteiger partial charge in [-0.2, -0.15) is 15.1 Å². The van der Waals surface area contributed by atoms with Crippen LogP contribution in [0.15, 0.2) is 93.4 Å². The van der Waals surface area contributed by atoms with Crippen molar-refractivity contribution in [1.29, 1.82) is 5.41 Å². The highest BCUT2D eigenvalue weighted by Gasteiger charge is 2.36. The number of carbonyl (C=O) groups excluding carboxylic acids is 1. The lowest BCUT2D eigenvalue weighted by molar-refractivity contribution is -0.114. The highest BCUT2D eigenvalue weighted by atomic mass is 32.2. The maximum atomic E-state index is 12.7. The van der Waals surface area contributed by atoms with Gasteiger partial charge in [-0.25, -0.2) is 0 Å². The van der Waals surface area contributed by atoms with Crippen molar-refractivity contribution in [3.63, 3.8) is 0 Å². The fourth-order valence-electron chi connectivity index (χ4n) is 3.67. The number of nitrogens with one attached hydrogen (secondary N) is 1. The van der Waals surface area contributed by atoms with Gasteiger partial charge in [0.2, 0.25) is 5.17 Å². The molecular formula is C28H24N4O2S2. The Balaban J connectivity index is 1.22. The van der Waals surface area contributed by atoms with Gasteiger partial charge in [0.1, 0.15) is 10.8 Å².